The predicted octanol–water partition coefficient (Wildman–Crippen LogP) is 1.74. The Bertz CT molecular complexity index is 514. The molecule has 5 nitrogen and oxygen atoms in total. The molecule has 0 saturated carbocycles. The van der Waals surface area contributed by atoms with Crippen molar-refractivity contribution in [2.24, 2.45) is 0 Å². The lowest BCUT2D eigenvalue weighted by atomic mass is 10.3. The Balaban J connectivity index is 2.28. The minimum absolute atomic E-state index is 0.0536. The van der Waals surface area contributed by atoms with Gasteiger partial charge in [-0.3, -0.25) is 0 Å². The summed E-state index contributed by atoms with van der Waals surface area (Å²) in [7, 11) is 0. The van der Waals surface area contributed by atoms with E-state index >= 15 is 0 Å². The zero-order valence-electron chi connectivity index (χ0n) is 8.42. The zero-order valence-corrected chi connectivity index (χ0v) is 8.42. The Hall–Kier alpha value is -2.43. The summed E-state index contributed by atoms with van der Waals surface area (Å²) in [6.45, 7) is 0. The molecule has 82 valence electrons. The van der Waals surface area contributed by atoms with Crippen LogP contribution in [0.1, 0.15) is 0 Å². The zero-order chi connectivity index (χ0) is 11.5. The molecule has 1 aromatic carbocycles. The molecule has 0 unspecified atom stereocenters. The number of aromatic nitrogens is 1. The summed E-state index contributed by atoms with van der Waals surface area (Å²) in [6, 6.07) is 8.18. The fraction of sp³-hybridized carbons (Fsp3) is 0. The van der Waals surface area contributed by atoms with Gasteiger partial charge in [-0.25, -0.2) is 4.98 Å². The second-order valence-electron chi connectivity index (χ2n) is 3.22. The summed E-state index contributed by atoms with van der Waals surface area (Å²) in [6.07, 6.45) is 1.44. The second-order valence-corrected chi connectivity index (χ2v) is 3.22. The van der Waals surface area contributed by atoms with E-state index in [1.165, 1.54) is 12.3 Å². The number of phenolic OH excluding ortho intramolecular Hbond substituents is 1. The lowest BCUT2D eigenvalue weighted by molar-refractivity contribution is 0.410. The van der Waals surface area contributed by atoms with Crippen molar-refractivity contribution in [3.63, 3.8) is 0 Å². The lowest BCUT2D eigenvalue weighted by Gasteiger charge is -2.07. The summed E-state index contributed by atoms with van der Waals surface area (Å²) in [5, 5.41) is 9.49. The van der Waals surface area contributed by atoms with Crippen LogP contribution in [0, 0.1) is 0 Å². The summed E-state index contributed by atoms with van der Waals surface area (Å²) >= 11 is 0. The highest BCUT2D eigenvalue weighted by molar-refractivity contribution is 5.60. The van der Waals surface area contributed by atoms with Gasteiger partial charge in [0, 0.05) is 6.07 Å². The molecule has 5 heteroatoms. The number of ether oxygens (including phenoxy) is 1. The third-order valence-electron chi connectivity index (χ3n) is 2.02. The summed E-state index contributed by atoms with van der Waals surface area (Å²) in [5.41, 5.74) is 11.4. The van der Waals surface area contributed by atoms with E-state index in [1.54, 1.807) is 24.3 Å². The van der Waals surface area contributed by atoms with Crippen LogP contribution in [0.3, 0.4) is 0 Å². The molecule has 1 heterocycles. The molecule has 2 aromatic rings. The van der Waals surface area contributed by atoms with Gasteiger partial charge in [-0.05, 0) is 12.1 Å². The van der Waals surface area contributed by atoms with Crippen molar-refractivity contribution in [1.82, 2.24) is 4.98 Å². The van der Waals surface area contributed by atoms with Crippen LogP contribution in [0.2, 0.25) is 0 Å². The predicted molar refractivity (Wildman–Crippen MR) is 61.2 cm³/mol. The van der Waals surface area contributed by atoms with Crippen molar-refractivity contribution in [3.8, 4) is 17.2 Å². The van der Waals surface area contributed by atoms with Gasteiger partial charge in [-0.2, -0.15) is 0 Å². The molecule has 0 aliphatic carbocycles. The monoisotopic (exact) mass is 217 g/mol. The van der Waals surface area contributed by atoms with Gasteiger partial charge in [0.25, 0.3) is 0 Å². The summed E-state index contributed by atoms with van der Waals surface area (Å²) in [4.78, 5) is 3.85. The van der Waals surface area contributed by atoms with Gasteiger partial charge in [0.15, 0.2) is 11.5 Å². The van der Waals surface area contributed by atoms with Gasteiger partial charge in [0.05, 0.1) is 11.9 Å². The van der Waals surface area contributed by atoms with Gasteiger partial charge in [-0.15, -0.1) is 0 Å². The smallest absolute Gasteiger partial charge is 0.169 e. The van der Waals surface area contributed by atoms with E-state index in [-0.39, 0.29) is 11.6 Å². The van der Waals surface area contributed by atoms with Gasteiger partial charge in [0.1, 0.15) is 11.6 Å². The van der Waals surface area contributed by atoms with Crippen LogP contribution < -0.4 is 16.2 Å². The maximum atomic E-state index is 9.49. The highest BCUT2D eigenvalue weighted by atomic mass is 16.5. The number of benzene rings is 1. The van der Waals surface area contributed by atoms with Crippen LogP contribution in [0.5, 0.6) is 17.2 Å². The number of anilines is 2. The van der Waals surface area contributed by atoms with Crippen LogP contribution in [0.4, 0.5) is 11.5 Å². The van der Waals surface area contributed by atoms with Gasteiger partial charge in [-0.1, -0.05) is 12.1 Å². The number of aromatic hydroxyl groups is 1. The molecule has 0 spiro atoms. The third kappa shape index (κ3) is 1.98. The van der Waals surface area contributed by atoms with Crippen molar-refractivity contribution in [1.29, 1.82) is 0 Å². The van der Waals surface area contributed by atoms with Crippen LogP contribution >= 0.6 is 0 Å². The standard InChI is InChI=1S/C11H11N3O2/c12-8-5-7(6-14-11(8)13)16-10-4-2-1-3-9(10)15/h1-6,15H,12H2,(H2,13,14). The number of nitrogen functional groups attached to an aromatic ring is 2. The van der Waals surface area contributed by atoms with Crippen LogP contribution in [-0.4, -0.2) is 10.1 Å². The number of para-hydroxylation sites is 2. The van der Waals surface area contributed by atoms with Crippen molar-refractivity contribution in [2.45, 2.75) is 0 Å². The molecule has 0 amide bonds. The summed E-state index contributed by atoms with van der Waals surface area (Å²) in [5.74, 6) is 1.07. The topological polar surface area (TPSA) is 94.4 Å². The molecule has 0 aliphatic heterocycles. The van der Waals surface area contributed by atoms with Gasteiger partial charge >= 0.3 is 0 Å². The molecule has 5 N–H and O–H groups in total. The second kappa shape index (κ2) is 3.98. The molecular weight excluding hydrogens is 206 g/mol. The first-order chi connectivity index (χ1) is 7.66. The molecular formula is C11H11N3O2. The Morgan fingerprint density at radius 2 is 1.94 bits per heavy atom. The SMILES string of the molecule is Nc1cc(Oc2ccccc2O)cnc1N. The number of hydrogen-bond donors (Lipinski definition) is 3. The Labute approximate surface area is 92.3 Å². The molecule has 0 bridgehead atoms. The van der Waals surface area contributed by atoms with Crippen molar-refractivity contribution in [3.05, 3.63) is 36.5 Å². The number of phenols is 1. The molecule has 0 saturated heterocycles. The van der Waals surface area contributed by atoms with Crippen molar-refractivity contribution in [2.75, 3.05) is 11.5 Å². The quantitative estimate of drug-likeness (QED) is 0.712. The fourth-order valence-electron chi connectivity index (χ4n) is 1.20. The lowest BCUT2D eigenvalue weighted by Crippen LogP contribution is -1.98. The average molecular weight is 217 g/mol. The Kier molecular flexibility index (Phi) is 2.51. The highest BCUT2D eigenvalue weighted by Crippen LogP contribution is 2.30. The first-order valence-corrected chi connectivity index (χ1v) is 4.63. The fourth-order valence-corrected chi connectivity index (χ4v) is 1.20. The van der Waals surface area contributed by atoms with Crippen LogP contribution in [0.15, 0.2) is 36.5 Å². The number of pyridine rings is 1. The molecule has 1 aromatic heterocycles. The van der Waals surface area contributed by atoms with Crippen molar-refractivity contribution < 1.29 is 9.84 Å². The molecule has 2 rings (SSSR count). The number of nitrogens with two attached hydrogens (primary N) is 2. The van der Waals surface area contributed by atoms with Gasteiger partial charge in [0.2, 0.25) is 0 Å². The molecule has 0 radical (unpaired) electrons. The number of nitrogens with zero attached hydrogens (tertiary/aromatic N) is 1. The van der Waals surface area contributed by atoms with E-state index in [0.717, 1.165) is 0 Å². The molecule has 16 heavy (non-hydrogen) atoms. The van der Waals surface area contributed by atoms with E-state index < -0.39 is 0 Å². The first-order valence-electron chi connectivity index (χ1n) is 4.63. The van der Waals surface area contributed by atoms with E-state index in [9.17, 15) is 5.11 Å². The van der Waals surface area contributed by atoms with E-state index in [1.807, 2.05) is 0 Å². The van der Waals surface area contributed by atoms with Crippen LogP contribution in [-0.2, 0) is 0 Å². The molecule has 0 fully saturated rings. The first kappa shape index (κ1) is 10.1. The Morgan fingerprint density at radius 1 is 1.19 bits per heavy atom. The molecule has 0 aliphatic rings. The third-order valence-corrected chi connectivity index (χ3v) is 2.02. The van der Waals surface area contributed by atoms with Crippen molar-refractivity contribution >= 4 is 11.5 Å². The maximum Gasteiger partial charge on any atom is 0.169 e. The average Bonchev–Trinajstić information content (AvgIpc) is 2.27. The largest absolute Gasteiger partial charge is 0.504 e. The molecule has 0 atom stereocenters. The van der Waals surface area contributed by atoms with E-state index in [4.69, 9.17) is 16.2 Å². The van der Waals surface area contributed by atoms with Gasteiger partial charge < -0.3 is 21.3 Å². The Morgan fingerprint density at radius 3 is 2.62 bits per heavy atom. The van der Waals surface area contributed by atoms with Crippen LogP contribution in [0.25, 0.3) is 0 Å². The summed E-state index contributed by atoms with van der Waals surface area (Å²) < 4.78 is 5.40. The number of hydrogen-bond acceptors (Lipinski definition) is 5. The van der Waals surface area contributed by atoms with E-state index in [0.29, 0.717) is 17.2 Å². The number of rotatable bonds is 2. The highest BCUT2D eigenvalue weighted by Gasteiger charge is 2.04. The minimum atomic E-state index is 0.0536. The normalized spacial score (nSPS) is 10.0. The minimum Gasteiger partial charge on any atom is -0.504 e. The van der Waals surface area contributed by atoms with E-state index in [2.05, 4.69) is 4.98 Å². The maximum absolute atomic E-state index is 9.49.